The van der Waals surface area contributed by atoms with Crippen molar-refractivity contribution in [3.63, 3.8) is 0 Å². The van der Waals surface area contributed by atoms with E-state index >= 15 is 0 Å². The van der Waals surface area contributed by atoms with Gasteiger partial charge in [0.05, 0.1) is 5.54 Å². The molecule has 0 atom stereocenters. The van der Waals surface area contributed by atoms with E-state index in [4.69, 9.17) is 11.8 Å². The van der Waals surface area contributed by atoms with Gasteiger partial charge in [-0.05, 0) is 31.2 Å². The van der Waals surface area contributed by atoms with Gasteiger partial charge < -0.3 is 0 Å². The normalized spacial score (nSPS) is 11.5. The van der Waals surface area contributed by atoms with Gasteiger partial charge >= 0.3 is 0 Å². The molecule has 1 aromatic rings. The SMILES string of the molecule is CC(C)(NCl)c1ccccc1. The average Bonchev–Trinajstić information content (AvgIpc) is 2.06. The fourth-order valence-electron chi connectivity index (χ4n) is 0.909. The Kier molecular flexibility index (Phi) is 2.53. The molecule has 0 amide bonds. The summed E-state index contributed by atoms with van der Waals surface area (Å²) in [5.41, 5.74) is 1.04. The van der Waals surface area contributed by atoms with Gasteiger partial charge in [-0.25, -0.2) is 4.84 Å². The predicted molar refractivity (Wildman–Crippen MR) is 48.5 cm³/mol. The van der Waals surface area contributed by atoms with Crippen LogP contribution in [0.25, 0.3) is 0 Å². The number of rotatable bonds is 2. The van der Waals surface area contributed by atoms with Crippen molar-refractivity contribution >= 4 is 11.8 Å². The van der Waals surface area contributed by atoms with Crippen LogP contribution >= 0.6 is 11.8 Å². The summed E-state index contributed by atoms with van der Waals surface area (Å²) in [6.45, 7) is 4.07. The van der Waals surface area contributed by atoms with Crippen LogP contribution in [-0.2, 0) is 5.54 Å². The molecule has 2 heteroatoms. The standard InChI is InChI=1S/C9H12ClN/c1-9(2,11-10)8-6-4-3-5-7-8/h3-7,11H,1-2H3. The summed E-state index contributed by atoms with van der Waals surface area (Å²) in [6, 6.07) is 10.1. The fraction of sp³-hybridized carbons (Fsp3) is 0.333. The molecular formula is C9H12ClN. The van der Waals surface area contributed by atoms with Crippen LogP contribution in [0.15, 0.2) is 30.3 Å². The third kappa shape index (κ3) is 1.95. The molecule has 0 saturated carbocycles. The molecule has 1 N–H and O–H groups in total. The van der Waals surface area contributed by atoms with E-state index in [1.165, 1.54) is 5.56 Å². The van der Waals surface area contributed by atoms with Crippen LogP contribution in [0.1, 0.15) is 19.4 Å². The van der Waals surface area contributed by atoms with Gasteiger partial charge in [-0.1, -0.05) is 30.3 Å². The van der Waals surface area contributed by atoms with Crippen molar-refractivity contribution in [2.75, 3.05) is 0 Å². The van der Waals surface area contributed by atoms with Crippen LogP contribution in [0.2, 0.25) is 0 Å². The summed E-state index contributed by atoms with van der Waals surface area (Å²) in [7, 11) is 0. The summed E-state index contributed by atoms with van der Waals surface area (Å²) in [6.07, 6.45) is 0. The van der Waals surface area contributed by atoms with Crippen LogP contribution in [0.5, 0.6) is 0 Å². The van der Waals surface area contributed by atoms with E-state index in [-0.39, 0.29) is 5.54 Å². The molecular weight excluding hydrogens is 158 g/mol. The lowest BCUT2D eigenvalue weighted by molar-refractivity contribution is 0.503. The highest BCUT2D eigenvalue weighted by molar-refractivity contribution is 6.13. The molecule has 0 spiro atoms. The largest absolute Gasteiger partial charge is 0.224 e. The maximum absolute atomic E-state index is 5.58. The second-order valence-electron chi connectivity index (χ2n) is 3.09. The summed E-state index contributed by atoms with van der Waals surface area (Å²) in [5, 5.41) is 0. The summed E-state index contributed by atoms with van der Waals surface area (Å²) in [4.78, 5) is 2.73. The van der Waals surface area contributed by atoms with E-state index in [2.05, 4.69) is 17.0 Å². The van der Waals surface area contributed by atoms with Gasteiger partial charge in [0, 0.05) is 0 Å². The van der Waals surface area contributed by atoms with Crippen molar-refractivity contribution in [3.05, 3.63) is 35.9 Å². The van der Waals surface area contributed by atoms with Crippen LogP contribution in [0.3, 0.4) is 0 Å². The zero-order chi connectivity index (χ0) is 8.32. The Labute approximate surface area is 72.5 Å². The van der Waals surface area contributed by atoms with Crippen LogP contribution in [0.4, 0.5) is 0 Å². The molecule has 0 bridgehead atoms. The van der Waals surface area contributed by atoms with E-state index in [1.807, 2.05) is 32.0 Å². The second kappa shape index (κ2) is 3.24. The number of hydrogen-bond acceptors (Lipinski definition) is 1. The Balaban J connectivity index is 2.93. The van der Waals surface area contributed by atoms with Crippen molar-refractivity contribution in [1.82, 2.24) is 4.84 Å². The lowest BCUT2D eigenvalue weighted by Gasteiger charge is -2.22. The van der Waals surface area contributed by atoms with Crippen molar-refractivity contribution in [1.29, 1.82) is 0 Å². The predicted octanol–water partition coefficient (Wildman–Crippen LogP) is 2.67. The van der Waals surface area contributed by atoms with Gasteiger partial charge in [0.25, 0.3) is 0 Å². The van der Waals surface area contributed by atoms with E-state index < -0.39 is 0 Å². The van der Waals surface area contributed by atoms with E-state index in [1.54, 1.807) is 0 Å². The van der Waals surface area contributed by atoms with Gasteiger partial charge in [-0.2, -0.15) is 0 Å². The van der Waals surface area contributed by atoms with Gasteiger partial charge in [0.2, 0.25) is 0 Å². The smallest absolute Gasteiger partial charge is 0.0523 e. The number of benzene rings is 1. The topological polar surface area (TPSA) is 12.0 Å². The third-order valence-electron chi connectivity index (χ3n) is 1.73. The van der Waals surface area contributed by atoms with Crippen LogP contribution in [0, 0.1) is 0 Å². The molecule has 0 aromatic heterocycles. The Morgan fingerprint density at radius 2 is 1.73 bits per heavy atom. The molecule has 0 aliphatic rings. The lowest BCUT2D eigenvalue weighted by Crippen LogP contribution is -2.28. The Morgan fingerprint density at radius 1 is 1.18 bits per heavy atom. The highest BCUT2D eigenvalue weighted by Crippen LogP contribution is 2.19. The average molecular weight is 170 g/mol. The second-order valence-corrected chi connectivity index (χ2v) is 3.27. The van der Waals surface area contributed by atoms with E-state index in [0.717, 1.165) is 0 Å². The molecule has 0 radical (unpaired) electrons. The van der Waals surface area contributed by atoms with Crippen molar-refractivity contribution in [2.45, 2.75) is 19.4 Å². The Bertz CT molecular complexity index is 218. The van der Waals surface area contributed by atoms with E-state index in [9.17, 15) is 0 Å². The molecule has 0 saturated heterocycles. The lowest BCUT2D eigenvalue weighted by atomic mass is 9.96. The third-order valence-corrected chi connectivity index (χ3v) is 2.20. The molecule has 0 aliphatic heterocycles. The molecule has 11 heavy (non-hydrogen) atoms. The van der Waals surface area contributed by atoms with Crippen molar-refractivity contribution < 1.29 is 0 Å². The highest BCUT2D eigenvalue weighted by atomic mass is 35.5. The van der Waals surface area contributed by atoms with Gasteiger partial charge in [0.15, 0.2) is 0 Å². The van der Waals surface area contributed by atoms with Gasteiger partial charge in [-0.15, -0.1) is 0 Å². The minimum absolute atomic E-state index is 0.150. The molecule has 0 aliphatic carbocycles. The first-order chi connectivity index (χ1) is 5.17. The molecule has 0 unspecified atom stereocenters. The monoisotopic (exact) mass is 169 g/mol. The Morgan fingerprint density at radius 3 is 2.18 bits per heavy atom. The molecule has 1 nitrogen and oxygen atoms in total. The zero-order valence-electron chi connectivity index (χ0n) is 6.76. The molecule has 0 fully saturated rings. The summed E-state index contributed by atoms with van der Waals surface area (Å²) < 4.78 is 0. The molecule has 1 rings (SSSR count). The van der Waals surface area contributed by atoms with Gasteiger partial charge in [-0.3, -0.25) is 0 Å². The fourth-order valence-corrected chi connectivity index (χ4v) is 1.02. The van der Waals surface area contributed by atoms with Gasteiger partial charge in [0.1, 0.15) is 0 Å². The molecule has 0 heterocycles. The number of hydrogen-bond donors (Lipinski definition) is 1. The van der Waals surface area contributed by atoms with Crippen molar-refractivity contribution in [3.8, 4) is 0 Å². The summed E-state index contributed by atoms with van der Waals surface area (Å²) in [5.74, 6) is 0. The molecule has 1 aromatic carbocycles. The highest BCUT2D eigenvalue weighted by Gasteiger charge is 2.17. The van der Waals surface area contributed by atoms with Crippen LogP contribution in [-0.4, -0.2) is 0 Å². The maximum atomic E-state index is 5.58. The number of halogens is 1. The Hall–Kier alpha value is -0.530. The molecule has 60 valence electrons. The first-order valence-corrected chi connectivity index (χ1v) is 3.98. The first-order valence-electron chi connectivity index (χ1n) is 3.60. The minimum atomic E-state index is -0.150. The summed E-state index contributed by atoms with van der Waals surface area (Å²) >= 11 is 5.58. The first kappa shape index (κ1) is 8.57. The minimum Gasteiger partial charge on any atom is -0.224 e. The van der Waals surface area contributed by atoms with E-state index in [0.29, 0.717) is 0 Å². The van der Waals surface area contributed by atoms with Crippen molar-refractivity contribution in [2.24, 2.45) is 0 Å². The van der Waals surface area contributed by atoms with Crippen LogP contribution < -0.4 is 4.84 Å². The maximum Gasteiger partial charge on any atom is 0.0523 e. The zero-order valence-corrected chi connectivity index (χ0v) is 7.52. The number of nitrogens with one attached hydrogen (secondary N) is 1. The quantitative estimate of drug-likeness (QED) is 0.672.